The number of nitrogens with one attached hydrogen (secondary N) is 1. The second-order valence-electron chi connectivity index (χ2n) is 6.55. The largest absolute Gasteiger partial charge is 0.374 e. The van der Waals surface area contributed by atoms with E-state index in [-0.39, 0.29) is 5.60 Å². The van der Waals surface area contributed by atoms with Crippen LogP contribution in [0.2, 0.25) is 0 Å². The normalized spacial score (nSPS) is 21.6. The minimum Gasteiger partial charge on any atom is -0.374 e. The lowest BCUT2D eigenvalue weighted by Gasteiger charge is -2.44. The van der Waals surface area contributed by atoms with E-state index < -0.39 is 0 Å². The maximum absolute atomic E-state index is 6.31. The van der Waals surface area contributed by atoms with Crippen LogP contribution in [-0.2, 0) is 4.74 Å². The van der Waals surface area contributed by atoms with Gasteiger partial charge in [0.2, 0.25) is 0 Å². The molecule has 2 nitrogen and oxygen atoms in total. The Morgan fingerprint density at radius 1 is 1.10 bits per heavy atom. The van der Waals surface area contributed by atoms with Crippen LogP contribution >= 0.6 is 0 Å². The van der Waals surface area contributed by atoms with Crippen LogP contribution in [0.5, 0.6) is 0 Å². The topological polar surface area (TPSA) is 21.3 Å². The van der Waals surface area contributed by atoms with Crippen molar-refractivity contribution in [2.24, 2.45) is 5.92 Å². The predicted octanol–water partition coefficient (Wildman–Crippen LogP) is 4.92. The summed E-state index contributed by atoms with van der Waals surface area (Å²) in [7, 11) is 2.13. The minimum atomic E-state index is 0.112. The lowest BCUT2D eigenvalue weighted by Crippen LogP contribution is -2.53. The Balaban J connectivity index is 2.68. The van der Waals surface area contributed by atoms with E-state index in [1.165, 1.54) is 64.2 Å². The van der Waals surface area contributed by atoms with Crippen molar-refractivity contribution in [2.75, 3.05) is 13.7 Å². The van der Waals surface area contributed by atoms with E-state index in [4.69, 9.17) is 4.74 Å². The fraction of sp³-hybridized carbons (Fsp3) is 1.00. The summed E-state index contributed by atoms with van der Waals surface area (Å²) in [6, 6.07) is 0.532. The standard InChI is InChI=1S/C18H37NO/c1-5-8-12-16(6-2)15-17(19-4)18(20-7-3)13-10-9-11-14-18/h16-17,19H,5-15H2,1-4H3. The van der Waals surface area contributed by atoms with Crippen molar-refractivity contribution < 1.29 is 4.74 Å². The van der Waals surface area contributed by atoms with Crippen molar-refractivity contribution in [3.8, 4) is 0 Å². The summed E-state index contributed by atoms with van der Waals surface area (Å²) in [5.74, 6) is 0.853. The van der Waals surface area contributed by atoms with E-state index in [2.05, 4.69) is 33.1 Å². The highest BCUT2D eigenvalue weighted by molar-refractivity contribution is 4.96. The number of likely N-dealkylation sites (N-methyl/N-ethyl adjacent to an activating group) is 1. The highest BCUT2D eigenvalue weighted by Gasteiger charge is 2.40. The summed E-state index contributed by atoms with van der Waals surface area (Å²) in [6.07, 6.45) is 13.2. The van der Waals surface area contributed by atoms with E-state index >= 15 is 0 Å². The molecule has 2 unspecified atom stereocenters. The number of hydrogen-bond donors (Lipinski definition) is 1. The molecule has 120 valence electrons. The van der Waals surface area contributed by atoms with E-state index in [1.807, 2.05) is 0 Å². The monoisotopic (exact) mass is 283 g/mol. The predicted molar refractivity (Wildman–Crippen MR) is 88.2 cm³/mol. The fourth-order valence-electron chi connectivity index (χ4n) is 3.94. The van der Waals surface area contributed by atoms with Crippen LogP contribution in [0.15, 0.2) is 0 Å². The Morgan fingerprint density at radius 3 is 2.30 bits per heavy atom. The molecule has 20 heavy (non-hydrogen) atoms. The van der Waals surface area contributed by atoms with Crippen LogP contribution in [0.1, 0.15) is 85.0 Å². The maximum atomic E-state index is 6.31. The van der Waals surface area contributed by atoms with Gasteiger partial charge in [-0.2, -0.15) is 0 Å². The summed E-state index contributed by atoms with van der Waals surface area (Å²) in [6.45, 7) is 7.65. The molecule has 0 aromatic rings. The molecule has 1 N–H and O–H groups in total. The third-order valence-corrected chi connectivity index (χ3v) is 5.23. The molecule has 1 aliphatic carbocycles. The van der Waals surface area contributed by atoms with Gasteiger partial charge in [-0.25, -0.2) is 0 Å². The Hall–Kier alpha value is -0.0800. The SMILES string of the molecule is CCCCC(CC)CC(NC)C1(OCC)CCCCC1. The third kappa shape index (κ3) is 5.04. The second kappa shape index (κ2) is 9.78. The Labute approximate surface area is 127 Å². The Bertz CT molecular complexity index is 230. The lowest BCUT2D eigenvalue weighted by atomic mass is 9.75. The Morgan fingerprint density at radius 2 is 1.80 bits per heavy atom. The van der Waals surface area contributed by atoms with Crippen molar-refractivity contribution in [2.45, 2.75) is 96.6 Å². The number of rotatable bonds is 10. The van der Waals surface area contributed by atoms with Gasteiger partial charge in [0.05, 0.1) is 5.60 Å². The van der Waals surface area contributed by atoms with Gasteiger partial charge in [0.15, 0.2) is 0 Å². The molecule has 1 saturated carbocycles. The van der Waals surface area contributed by atoms with Crippen molar-refractivity contribution in [3.05, 3.63) is 0 Å². The van der Waals surface area contributed by atoms with E-state index in [9.17, 15) is 0 Å². The van der Waals surface area contributed by atoms with Gasteiger partial charge in [-0.1, -0.05) is 58.8 Å². The van der Waals surface area contributed by atoms with Crippen LogP contribution in [0, 0.1) is 5.92 Å². The number of hydrogen-bond acceptors (Lipinski definition) is 2. The molecular formula is C18H37NO. The van der Waals surface area contributed by atoms with E-state index in [0.29, 0.717) is 6.04 Å². The molecule has 0 aromatic heterocycles. The molecule has 0 aliphatic heterocycles. The zero-order valence-electron chi connectivity index (χ0n) is 14.3. The molecule has 2 atom stereocenters. The van der Waals surface area contributed by atoms with E-state index in [0.717, 1.165) is 12.5 Å². The van der Waals surface area contributed by atoms with Gasteiger partial charge >= 0.3 is 0 Å². The van der Waals surface area contributed by atoms with Gasteiger partial charge in [0.1, 0.15) is 0 Å². The highest BCUT2D eigenvalue weighted by atomic mass is 16.5. The summed E-state index contributed by atoms with van der Waals surface area (Å²) >= 11 is 0. The van der Waals surface area contributed by atoms with Gasteiger partial charge in [0, 0.05) is 12.6 Å². The molecule has 0 saturated heterocycles. The van der Waals surface area contributed by atoms with Gasteiger partial charge < -0.3 is 10.1 Å². The Kier molecular flexibility index (Phi) is 8.79. The molecule has 0 spiro atoms. The van der Waals surface area contributed by atoms with Crippen molar-refractivity contribution in [1.29, 1.82) is 0 Å². The first kappa shape index (κ1) is 18.0. The molecule has 1 fully saturated rings. The number of unbranched alkanes of at least 4 members (excludes halogenated alkanes) is 1. The van der Waals surface area contributed by atoms with Gasteiger partial charge in [-0.05, 0) is 39.2 Å². The van der Waals surface area contributed by atoms with Crippen LogP contribution in [0.25, 0.3) is 0 Å². The van der Waals surface area contributed by atoms with Crippen LogP contribution in [0.4, 0.5) is 0 Å². The fourth-order valence-corrected chi connectivity index (χ4v) is 3.94. The minimum absolute atomic E-state index is 0.112. The third-order valence-electron chi connectivity index (χ3n) is 5.23. The summed E-state index contributed by atoms with van der Waals surface area (Å²) < 4.78 is 6.31. The average Bonchev–Trinajstić information content (AvgIpc) is 2.49. The molecule has 0 radical (unpaired) electrons. The smallest absolute Gasteiger partial charge is 0.0834 e. The van der Waals surface area contributed by atoms with Crippen molar-refractivity contribution >= 4 is 0 Å². The van der Waals surface area contributed by atoms with Crippen LogP contribution < -0.4 is 5.32 Å². The molecule has 1 rings (SSSR count). The summed E-state index contributed by atoms with van der Waals surface area (Å²) in [5, 5.41) is 3.61. The lowest BCUT2D eigenvalue weighted by molar-refractivity contribution is -0.0931. The average molecular weight is 284 g/mol. The molecule has 0 amide bonds. The van der Waals surface area contributed by atoms with Gasteiger partial charge in [0.25, 0.3) is 0 Å². The maximum Gasteiger partial charge on any atom is 0.0834 e. The quantitative estimate of drug-likeness (QED) is 0.614. The van der Waals surface area contributed by atoms with E-state index in [1.54, 1.807) is 0 Å². The zero-order valence-corrected chi connectivity index (χ0v) is 14.3. The van der Waals surface area contributed by atoms with Crippen LogP contribution in [0.3, 0.4) is 0 Å². The molecule has 0 heterocycles. The van der Waals surface area contributed by atoms with Crippen molar-refractivity contribution in [3.63, 3.8) is 0 Å². The van der Waals surface area contributed by atoms with Gasteiger partial charge in [-0.3, -0.25) is 0 Å². The first-order chi connectivity index (χ1) is 9.72. The molecule has 0 aromatic carbocycles. The highest BCUT2D eigenvalue weighted by Crippen LogP contribution is 2.37. The number of ether oxygens (including phenoxy) is 1. The first-order valence-electron chi connectivity index (χ1n) is 9.03. The first-order valence-corrected chi connectivity index (χ1v) is 9.03. The summed E-state index contributed by atoms with van der Waals surface area (Å²) in [5.41, 5.74) is 0.112. The van der Waals surface area contributed by atoms with Gasteiger partial charge in [-0.15, -0.1) is 0 Å². The second-order valence-corrected chi connectivity index (χ2v) is 6.55. The summed E-state index contributed by atoms with van der Waals surface area (Å²) in [4.78, 5) is 0. The molecular weight excluding hydrogens is 246 g/mol. The molecule has 0 bridgehead atoms. The van der Waals surface area contributed by atoms with Crippen LogP contribution in [-0.4, -0.2) is 25.3 Å². The molecule has 2 heteroatoms. The van der Waals surface area contributed by atoms with Crippen molar-refractivity contribution in [1.82, 2.24) is 5.32 Å². The zero-order chi connectivity index (χ0) is 14.8. The molecule has 1 aliphatic rings.